The number of hydrogen-bond acceptors (Lipinski definition) is 4. The van der Waals surface area contributed by atoms with Gasteiger partial charge in [-0.05, 0) is 31.2 Å². The number of carbonyl (C=O) groups is 1. The minimum absolute atomic E-state index is 0.374. The summed E-state index contributed by atoms with van der Waals surface area (Å²) in [5.41, 5.74) is 1.05. The van der Waals surface area contributed by atoms with Crippen molar-refractivity contribution in [2.75, 3.05) is 13.2 Å². The summed E-state index contributed by atoms with van der Waals surface area (Å²) in [7, 11) is 0. The van der Waals surface area contributed by atoms with E-state index in [0.29, 0.717) is 31.7 Å². The second kappa shape index (κ2) is 6.63. The second-order valence-corrected chi connectivity index (χ2v) is 7.17. The van der Waals surface area contributed by atoms with Crippen LogP contribution in [0.1, 0.15) is 44.1 Å². The molecule has 3 unspecified atom stereocenters. The zero-order chi connectivity index (χ0) is 16.5. The summed E-state index contributed by atoms with van der Waals surface area (Å²) >= 11 is 0. The first-order valence-corrected chi connectivity index (χ1v) is 9.10. The van der Waals surface area contributed by atoms with Crippen LogP contribution in [0.4, 0.5) is 0 Å². The van der Waals surface area contributed by atoms with Gasteiger partial charge in [-0.15, -0.1) is 0 Å². The molecule has 0 amide bonds. The quantitative estimate of drug-likeness (QED) is 0.922. The Balaban J connectivity index is 1.62. The predicted octanol–water partition coefficient (Wildman–Crippen LogP) is 3.07. The van der Waals surface area contributed by atoms with Gasteiger partial charge in [-0.2, -0.15) is 0 Å². The third-order valence-corrected chi connectivity index (χ3v) is 5.71. The van der Waals surface area contributed by atoms with Crippen LogP contribution in [0.5, 0.6) is 11.5 Å². The van der Waals surface area contributed by atoms with Crippen LogP contribution >= 0.6 is 0 Å². The van der Waals surface area contributed by atoms with Crippen molar-refractivity contribution in [1.82, 2.24) is 4.90 Å². The van der Waals surface area contributed by atoms with E-state index in [0.717, 1.165) is 42.7 Å². The Morgan fingerprint density at radius 3 is 2.88 bits per heavy atom. The molecular formula is C19H25NO4. The molecule has 1 N–H and O–H groups in total. The number of para-hydroxylation sites is 1. The Hall–Kier alpha value is -1.75. The fourth-order valence-electron chi connectivity index (χ4n) is 4.60. The molecule has 2 aliphatic heterocycles. The summed E-state index contributed by atoms with van der Waals surface area (Å²) in [5.74, 6) is 1.43. The van der Waals surface area contributed by atoms with Crippen LogP contribution in [0.25, 0.3) is 0 Å². The number of benzene rings is 1. The van der Waals surface area contributed by atoms with Gasteiger partial charge in [0, 0.05) is 24.6 Å². The van der Waals surface area contributed by atoms with E-state index < -0.39 is 5.97 Å². The predicted molar refractivity (Wildman–Crippen MR) is 89.4 cm³/mol. The average molecular weight is 331 g/mol. The molecule has 2 fully saturated rings. The van der Waals surface area contributed by atoms with Crippen LogP contribution in [0, 0.1) is 5.92 Å². The Kier molecular flexibility index (Phi) is 4.35. The molecule has 2 heterocycles. The van der Waals surface area contributed by atoms with Crippen LogP contribution in [-0.4, -0.2) is 41.3 Å². The number of fused-ring (bicyclic) bond motifs is 2. The maximum atomic E-state index is 11.8. The van der Waals surface area contributed by atoms with Crippen molar-refractivity contribution in [3.05, 3.63) is 23.8 Å². The highest BCUT2D eigenvalue weighted by molar-refractivity contribution is 5.74. The van der Waals surface area contributed by atoms with Crippen molar-refractivity contribution in [1.29, 1.82) is 0 Å². The van der Waals surface area contributed by atoms with Crippen molar-refractivity contribution in [3.8, 4) is 11.5 Å². The van der Waals surface area contributed by atoms with Gasteiger partial charge in [-0.3, -0.25) is 9.69 Å². The van der Waals surface area contributed by atoms with Gasteiger partial charge in [0.25, 0.3) is 0 Å². The maximum absolute atomic E-state index is 11.8. The molecule has 1 aromatic rings. The van der Waals surface area contributed by atoms with E-state index >= 15 is 0 Å². The van der Waals surface area contributed by atoms with E-state index in [9.17, 15) is 9.90 Å². The average Bonchev–Trinajstić information content (AvgIpc) is 2.77. The smallest absolute Gasteiger partial charge is 0.320 e. The minimum atomic E-state index is -0.691. The Morgan fingerprint density at radius 2 is 2.00 bits per heavy atom. The minimum Gasteiger partial charge on any atom is -0.490 e. The van der Waals surface area contributed by atoms with Gasteiger partial charge in [0.05, 0.1) is 13.2 Å². The standard InChI is InChI=1S/C19H25NO4/c21-19(22)16-11-13-5-1-2-7-15(13)20(16)12-14-6-3-8-17-18(14)24-10-4-9-23-17/h3,6,8,13,15-16H,1-2,4-5,7,9-12H2,(H,21,22). The number of carboxylic acids is 1. The Bertz CT molecular complexity index is 617. The van der Waals surface area contributed by atoms with Gasteiger partial charge in [-0.1, -0.05) is 25.0 Å². The summed E-state index contributed by atoms with van der Waals surface area (Å²) in [6.07, 6.45) is 6.38. The first-order chi connectivity index (χ1) is 11.7. The number of aliphatic carboxylic acids is 1. The maximum Gasteiger partial charge on any atom is 0.320 e. The molecule has 24 heavy (non-hydrogen) atoms. The first kappa shape index (κ1) is 15.8. The van der Waals surface area contributed by atoms with Gasteiger partial charge in [0.2, 0.25) is 0 Å². The number of carboxylic acid groups (broad SMARTS) is 1. The third kappa shape index (κ3) is 2.86. The molecule has 5 nitrogen and oxygen atoms in total. The molecule has 1 saturated heterocycles. The van der Waals surface area contributed by atoms with Gasteiger partial charge >= 0.3 is 5.97 Å². The Morgan fingerprint density at radius 1 is 1.17 bits per heavy atom. The fraction of sp³-hybridized carbons (Fsp3) is 0.632. The monoisotopic (exact) mass is 331 g/mol. The highest BCUT2D eigenvalue weighted by atomic mass is 16.5. The van der Waals surface area contributed by atoms with Gasteiger partial charge < -0.3 is 14.6 Å². The van der Waals surface area contributed by atoms with Crippen molar-refractivity contribution >= 4 is 5.97 Å². The van der Waals surface area contributed by atoms with E-state index in [1.165, 1.54) is 12.8 Å². The number of nitrogens with zero attached hydrogens (tertiary/aromatic N) is 1. The molecule has 4 rings (SSSR count). The zero-order valence-corrected chi connectivity index (χ0v) is 13.9. The molecule has 1 saturated carbocycles. The molecule has 1 aliphatic carbocycles. The second-order valence-electron chi connectivity index (χ2n) is 7.17. The van der Waals surface area contributed by atoms with E-state index in [1.54, 1.807) is 0 Å². The highest BCUT2D eigenvalue weighted by Crippen LogP contribution is 2.42. The molecular weight excluding hydrogens is 306 g/mol. The van der Waals surface area contributed by atoms with E-state index in [1.807, 2.05) is 18.2 Å². The number of hydrogen-bond donors (Lipinski definition) is 1. The normalized spacial score (nSPS) is 29.8. The largest absolute Gasteiger partial charge is 0.490 e. The van der Waals surface area contributed by atoms with Crippen LogP contribution < -0.4 is 9.47 Å². The lowest BCUT2D eigenvalue weighted by molar-refractivity contribution is -0.142. The molecule has 3 atom stereocenters. The van der Waals surface area contributed by atoms with Crippen molar-refractivity contribution in [2.45, 2.75) is 57.2 Å². The van der Waals surface area contributed by atoms with Crippen LogP contribution in [0.3, 0.4) is 0 Å². The van der Waals surface area contributed by atoms with Gasteiger partial charge in [0.1, 0.15) is 6.04 Å². The first-order valence-electron chi connectivity index (χ1n) is 9.10. The molecule has 0 spiro atoms. The molecule has 1 aromatic carbocycles. The van der Waals surface area contributed by atoms with Crippen molar-refractivity contribution in [2.24, 2.45) is 5.92 Å². The summed E-state index contributed by atoms with van der Waals surface area (Å²) in [6.45, 7) is 1.95. The van der Waals surface area contributed by atoms with Crippen molar-refractivity contribution < 1.29 is 19.4 Å². The number of ether oxygens (including phenoxy) is 2. The van der Waals surface area contributed by atoms with Crippen molar-refractivity contribution in [3.63, 3.8) is 0 Å². The Labute approximate surface area is 142 Å². The van der Waals surface area contributed by atoms with Crippen LogP contribution in [0.15, 0.2) is 18.2 Å². The molecule has 130 valence electrons. The third-order valence-electron chi connectivity index (χ3n) is 5.71. The molecule has 0 aromatic heterocycles. The van der Waals surface area contributed by atoms with Gasteiger partial charge in [0.15, 0.2) is 11.5 Å². The topological polar surface area (TPSA) is 59.0 Å². The molecule has 0 bridgehead atoms. The highest BCUT2D eigenvalue weighted by Gasteiger charge is 2.45. The SMILES string of the molecule is O=C(O)C1CC2CCCCC2N1Cc1cccc2c1OCCCO2. The van der Waals surface area contributed by atoms with E-state index in [4.69, 9.17) is 9.47 Å². The lowest BCUT2D eigenvalue weighted by atomic mass is 9.84. The van der Waals surface area contributed by atoms with Crippen LogP contribution in [-0.2, 0) is 11.3 Å². The summed E-state index contributed by atoms with van der Waals surface area (Å²) in [4.78, 5) is 14.0. The fourth-order valence-corrected chi connectivity index (χ4v) is 4.60. The van der Waals surface area contributed by atoms with Gasteiger partial charge in [-0.25, -0.2) is 0 Å². The number of rotatable bonds is 3. The molecule has 0 radical (unpaired) electrons. The summed E-state index contributed by atoms with van der Waals surface area (Å²) < 4.78 is 11.7. The van der Waals surface area contributed by atoms with Crippen LogP contribution in [0.2, 0.25) is 0 Å². The lowest BCUT2D eigenvalue weighted by Gasteiger charge is -2.33. The number of likely N-dealkylation sites (tertiary alicyclic amines) is 1. The molecule has 5 heteroatoms. The van der Waals surface area contributed by atoms with E-state index in [2.05, 4.69) is 4.90 Å². The lowest BCUT2D eigenvalue weighted by Crippen LogP contribution is -2.41. The summed E-state index contributed by atoms with van der Waals surface area (Å²) in [5, 5.41) is 9.69. The molecule has 3 aliphatic rings. The zero-order valence-electron chi connectivity index (χ0n) is 13.9. The van der Waals surface area contributed by atoms with E-state index in [-0.39, 0.29) is 6.04 Å². The summed E-state index contributed by atoms with van der Waals surface area (Å²) in [6, 6.07) is 5.98.